The van der Waals surface area contributed by atoms with Crippen LogP contribution in [0, 0.1) is 26.6 Å². The summed E-state index contributed by atoms with van der Waals surface area (Å²) in [5, 5.41) is 4.76. The number of anilines is 1. The molecule has 0 radical (unpaired) electrons. The Hall–Kier alpha value is -2.50. The number of rotatable bonds is 6. The van der Waals surface area contributed by atoms with E-state index < -0.39 is 0 Å². The lowest BCUT2D eigenvalue weighted by Gasteiger charge is -2.24. The van der Waals surface area contributed by atoms with Crippen LogP contribution in [0.5, 0.6) is 0 Å². The van der Waals surface area contributed by atoms with E-state index >= 15 is 0 Å². The van der Waals surface area contributed by atoms with Crippen molar-refractivity contribution in [3.05, 3.63) is 41.1 Å². The SMILES string of the molecule is CCCN(CCC)c1cc(C)nc2c(-c3ncc(F)cc3C)c(C)nn12. The standard InChI is InChI=1S/C20H26FN5/c1-6-8-25(9-7-2)17-11-14(4)23-20-18(15(5)24-26(17)20)19-13(3)10-16(21)12-22-19/h10-12H,6-9H2,1-5H3. The maximum absolute atomic E-state index is 13.5. The second-order valence-corrected chi connectivity index (χ2v) is 6.76. The van der Waals surface area contributed by atoms with Crippen LogP contribution in [-0.4, -0.2) is 32.7 Å². The number of hydrogen-bond donors (Lipinski definition) is 0. The van der Waals surface area contributed by atoms with Crippen molar-refractivity contribution in [2.45, 2.75) is 47.5 Å². The highest BCUT2D eigenvalue weighted by atomic mass is 19.1. The average Bonchev–Trinajstić information content (AvgIpc) is 2.90. The zero-order valence-electron chi connectivity index (χ0n) is 16.2. The molecule has 0 N–H and O–H groups in total. The second-order valence-electron chi connectivity index (χ2n) is 6.76. The van der Waals surface area contributed by atoms with Gasteiger partial charge in [0, 0.05) is 24.8 Å². The van der Waals surface area contributed by atoms with Gasteiger partial charge in [0.1, 0.15) is 11.6 Å². The Morgan fingerprint density at radius 3 is 2.38 bits per heavy atom. The van der Waals surface area contributed by atoms with Crippen LogP contribution in [-0.2, 0) is 0 Å². The van der Waals surface area contributed by atoms with Crippen molar-refractivity contribution in [1.29, 1.82) is 0 Å². The molecule has 0 aromatic carbocycles. The molecular formula is C20H26FN5. The lowest BCUT2D eigenvalue weighted by Crippen LogP contribution is -2.27. The molecule has 26 heavy (non-hydrogen) atoms. The molecule has 6 heteroatoms. The van der Waals surface area contributed by atoms with Gasteiger partial charge in [0.25, 0.3) is 0 Å². The Bertz CT molecular complexity index is 926. The largest absolute Gasteiger partial charge is 0.356 e. The van der Waals surface area contributed by atoms with E-state index in [4.69, 9.17) is 10.1 Å². The van der Waals surface area contributed by atoms with Crippen molar-refractivity contribution in [1.82, 2.24) is 19.6 Å². The first-order valence-electron chi connectivity index (χ1n) is 9.20. The Kier molecular flexibility index (Phi) is 5.20. The van der Waals surface area contributed by atoms with Crippen LogP contribution in [0.3, 0.4) is 0 Å². The van der Waals surface area contributed by atoms with Crippen molar-refractivity contribution in [3.8, 4) is 11.3 Å². The van der Waals surface area contributed by atoms with Crippen molar-refractivity contribution >= 4 is 11.5 Å². The zero-order chi connectivity index (χ0) is 18.8. The number of fused-ring (bicyclic) bond motifs is 1. The van der Waals surface area contributed by atoms with Gasteiger partial charge in [-0.1, -0.05) is 13.8 Å². The molecule has 0 saturated heterocycles. The summed E-state index contributed by atoms with van der Waals surface area (Å²) in [7, 11) is 0. The molecule has 0 aliphatic rings. The summed E-state index contributed by atoms with van der Waals surface area (Å²) in [6.07, 6.45) is 3.38. The maximum Gasteiger partial charge on any atom is 0.167 e. The number of pyridine rings is 1. The van der Waals surface area contributed by atoms with E-state index in [-0.39, 0.29) is 5.82 Å². The molecule has 0 unspecified atom stereocenters. The Morgan fingerprint density at radius 1 is 1.08 bits per heavy atom. The summed E-state index contributed by atoms with van der Waals surface area (Å²) < 4.78 is 15.4. The highest BCUT2D eigenvalue weighted by Crippen LogP contribution is 2.31. The van der Waals surface area contributed by atoms with Crippen molar-refractivity contribution in [3.63, 3.8) is 0 Å². The quantitative estimate of drug-likeness (QED) is 0.654. The minimum Gasteiger partial charge on any atom is -0.356 e. The zero-order valence-corrected chi connectivity index (χ0v) is 16.2. The lowest BCUT2D eigenvalue weighted by molar-refractivity contribution is 0.620. The van der Waals surface area contributed by atoms with E-state index in [0.29, 0.717) is 0 Å². The van der Waals surface area contributed by atoms with E-state index in [0.717, 1.165) is 65.6 Å². The van der Waals surface area contributed by atoms with E-state index in [1.165, 1.54) is 12.3 Å². The molecule has 3 rings (SSSR count). The van der Waals surface area contributed by atoms with Crippen LogP contribution < -0.4 is 4.90 Å². The van der Waals surface area contributed by atoms with E-state index in [2.05, 4.69) is 29.8 Å². The van der Waals surface area contributed by atoms with Gasteiger partial charge in [0.15, 0.2) is 5.65 Å². The topological polar surface area (TPSA) is 46.3 Å². The van der Waals surface area contributed by atoms with Gasteiger partial charge >= 0.3 is 0 Å². The first-order chi connectivity index (χ1) is 12.5. The third-order valence-electron chi connectivity index (χ3n) is 4.47. The Balaban J connectivity index is 2.26. The molecule has 5 nitrogen and oxygen atoms in total. The number of nitrogens with zero attached hydrogens (tertiary/aromatic N) is 5. The highest BCUT2D eigenvalue weighted by molar-refractivity contribution is 5.80. The fraction of sp³-hybridized carbons (Fsp3) is 0.450. The normalized spacial score (nSPS) is 11.3. The van der Waals surface area contributed by atoms with Crippen molar-refractivity contribution in [2.75, 3.05) is 18.0 Å². The fourth-order valence-electron chi connectivity index (χ4n) is 3.41. The fourth-order valence-corrected chi connectivity index (χ4v) is 3.41. The molecule has 0 aliphatic heterocycles. The van der Waals surface area contributed by atoms with Gasteiger partial charge < -0.3 is 4.90 Å². The summed E-state index contributed by atoms with van der Waals surface area (Å²) in [6.45, 7) is 12.1. The summed E-state index contributed by atoms with van der Waals surface area (Å²) in [6, 6.07) is 3.59. The van der Waals surface area contributed by atoms with Crippen LogP contribution in [0.2, 0.25) is 0 Å². The third kappa shape index (κ3) is 3.28. The van der Waals surface area contributed by atoms with Gasteiger partial charge in [-0.2, -0.15) is 9.61 Å². The molecule has 0 bridgehead atoms. The lowest BCUT2D eigenvalue weighted by atomic mass is 10.1. The minimum absolute atomic E-state index is 0.331. The predicted molar refractivity (Wildman–Crippen MR) is 103 cm³/mol. The minimum atomic E-state index is -0.331. The third-order valence-corrected chi connectivity index (χ3v) is 4.47. The van der Waals surface area contributed by atoms with E-state index in [9.17, 15) is 4.39 Å². The summed E-state index contributed by atoms with van der Waals surface area (Å²) in [4.78, 5) is 11.4. The van der Waals surface area contributed by atoms with Gasteiger partial charge in [-0.05, 0) is 45.2 Å². The average molecular weight is 355 g/mol. The van der Waals surface area contributed by atoms with Crippen LogP contribution in [0.15, 0.2) is 18.3 Å². The maximum atomic E-state index is 13.5. The predicted octanol–water partition coefficient (Wildman–Crippen LogP) is 4.48. The van der Waals surface area contributed by atoms with Gasteiger partial charge in [0.2, 0.25) is 0 Å². The molecule has 0 spiro atoms. The first-order valence-corrected chi connectivity index (χ1v) is 9.20. The molecule has 0 amide bonds. The highest BCUT2D eigenvalue weighted by Gasteiger charge is 2.20. The van der Waals surface area contributed by atoms with Gasteiger partial charge in [-0.15, -0.1) is 0 Å². The van der Waals surface area contributed by atoms with Crippen LogP contribution >= 0.6 is 0 Å². The van der Waals surface area contributed by atoms with Gasteiger partial charge in [-0.3, -0.25) is 4.98 Å². The molecular weight excluding hydrogens is 329 g/mol. The molecule has 0 saturated carbocycles. The smallest absolute Gasteiger partial charge is 0.167 e. The monoisotopic (exact) mass is 355 g/mol. The molecule has 0 atom stereocenters. The number of aryl methyl sites for hydroxylation is 3. The Labute approximate surface area is 153 Å². The molecule has 3 aromatic heterocycles. The molecule has 3 aromatic rings. The first kappa shape index (κ1) is 18.3. The van der Waals surface area contributed by atoms with Gasteiger partial charge in [0.05, 0.1) is 23.1 Å². The molecule has 0 fully saturated rings. The van der Waals surface area contributed by atoms with E-state index in [1.54, 1.807) is 0 Å². The molecule has 138 valence electrons. The second kappa shape index (κ2) is 7.40. The summed E-state index contributed by atoms with van der Waals surface area (Å²) in [5.74, 6) is 0.715. The van der Waals surface area contributed by atoms with Crippen molar-refractivity contribution in [2.24, 2.45) is 0 Å². The van der Waals surface area contributed by atoms with Crippen LogP contribution in [0.1, 0.15) is 43.6 Å². The Morgan fingerprint density at radius 2 is 1.77 bits per heavy atom. The summed E-state index contributed by atoms with van der Waals surface area (Å²) >= 11 is 0. The molecule has 0 aliphatic carbocycles. The van der Waals surface area contributed by atoms with Gasteiger partial charge in [-0.25, -0.2) is 9.37 Å². The van der Waals surface area contributed by atoms with Crippen molar-refractivity contribution < 1.29 is 4.39 Å². The van der Waals surface area contributed by atoms with E-state index in [1.807, 2.05) is 25.3 Å². The number of aromatic nitrogens is 4. The number of hydrogen-bond acceptors (Lipinski definition) is 4. The van der Waals surface area contributed by atoms with Crippen LogP contribution in [0.25, 0.3) is 16.9 Å². The number of halogens is 1. The van der Waals surface area contributed by atoms with Crippen LogP contribution in [0.4, 0.5) is 10.2 Å². The summed E-state index contributed by atoms with van der Waals surface area (Å²) in [5.41, 5.74) is 4.95. The molecule has 3 heterocycles.